The van der Waals surface area contributed by atoms with Crippen LogP contribution in [0, 0.1) is 5.92 Å². The van der Waals surface area contributed by atoms with E-state index < -0.39 is 22.0 Å². The Balaban J connectivity index is 1.80. The van der Waals surface area contributed by atoms with E-state index in [0.29, 0.717) is 24.5 Å². The lowest BCUT2D eigenvalue weighted by Crippen LogP contribution is -2.39. The smallest absolute Gasteiger partial charge is 0.316 e. The van der Waals surface area contributed by atoms with E-state index >= 15 is 0 Å². The fourth-order valence-electron chi connectivity index (χ4n) is 3.33. The van der Waals surface area contributed by atoms with E-state index in [1.807, 2.05) is 6.92 Å². The summed E-state index contributed by atoms with van der Waals surface area (Å²) in [6.45, 7) is 2.88. The lowest BCUT2D eigenvalue weighted by atomic mass is 10.0. The molecule has 10 heteroatoms. The molecule has 3 rings (SSSR count). The Labute approximate surface area is 180 Å². The predicted molar refractivity (Wildman–Crippen MR) is 116 cm³/mol. The summed E-state index contributed by atoms with van der Waals surface area (Å²) in [5, 5.41) is 5.19. The third-order valence-electron chi connectivity index (χ3n) is 4.84. The summed E-state index contributed by atoms with van der Waals surface area (Å²) in [5.41, 5.74) is 6.18. The van der Waals surface area contributed by atoms with Crippen LogP contribution in [0.5, 0.6) is 0 Å². The first-order valence-corrected chi connectivity index (χ1v) is 11.3. The van der Waals surface area contributed by atoms with Crippen molar-refractivity contribution >= 4 is 44.9 Å². The molecule has 1 heterocycles. The largest absolute Gasteiger partial charge is 0.351 e. The molecule has 0 aromatic heterocycles. The van der Waals surface area contributed by atoms with Gasteiger partial charge in [-0.1, -0.05) is 18.5 Å². The molecule has 0 radical (unpaired) electrons. The fraction of sp³-hybridized carbons (Fsp3) is 0.300. The Bertz CT molecular complexity index is 1060. The third-order valence-corrected chi connectivity index (χ3v) is 7.19. The minimum atomic E-state index is -3.80. The number of carbonyl (C=O) groups excluding carboxylic acids is 2. The first-order valence-electron chi connectivity index (χ1n) is 9.44. The summed E-state index contributed by atoms with van der Waals surface area (Å²) in [5.74, 6) is -0.212. The lowest BCUT2D eigenvalue weighted by Gasteiger charge is -2.30. The highest BCUT2D eigenvalue weighted by atomic mass is 35.5. The quantitative estimate of drug-likeness (QED) is 0.645. The van der Waals surface area contributed by atoms with Crippen molar-refractivity contribution in [2.24, 2.45) is 11.7 Å². The highest BCUT2D eigenvalue weighted by Crippen LogP contribution is 2.29. The zero-order valence-corrected chi connectivity index (χ0v) is 18.0. The van der Waals surface area contributed by atoms with Crippen LogP contribution in [0.2, 0.25) is 5.02 Å². The second-order valence-corrected chi connectivity index (χ2v) is 9.59. The van der Waals surface area contributed by atoms with Gasteiger partial charge in [-0.2, -0.15) is 4.31 Å². The average molecular weight is 451 g/mol. The number of anilines is 2. The van der Waals surface area contributed by atoms with Crippen LogP contribution in [-0.4, -0.2) is 37.8 Å². The summed E-state index contributed by atoms with van der Waals surface area (Å²) in [6.07, 6.45) is 1.77. The number of primary amides is 1. The Hall–Kier alpha value is -2.62. The molecular weight excluding hydrogens is 428 g/mol. The number of nitrogens with two attached hydrogens (primary N) is 1. The number of carbonyl (C=O) groups is 2. The van der Waals surface area contributed by atoms with Gasteiger partial charge in [0, 0.05) is 30.0 Å². The molecule has 0 aliphatic carbocycles. The minimum absolute atomic E-state index is 0.0756. The van der Waals surface area contributed by atoms with E-state index in [0.717, 1.165) is 12.8 Å². The predicted octanol–water partition coefficient (Wildman–Crippen LogP) is 3.50. The number of urea groups is 1. The van der Waals surface area contributed by atoms with Crippen LogP contribution < -0.4 is 16.4 Å². The molecule has 1 fully saturated rings. The summed E-state index contributed by atoms with van der Waals surface area (Å²) in [6, 6.07) is 9.83. The Morgan fingerprint density at radius 1 is 1.10 bits per heavy atom. The minimum Gasteiger partial charge on any atom is -0.351 e. The van der Waals surface area contributed by atoms with E-state index in [4.69, 9.17) is 17.3 Å². The molecule has 1 unspecified atom stereocenters. The molecule has 3 amide bonds. The Morgan fingerprint density at radius 2 is 1.73 bits per heavy atom. The van der Waals surface area contributed by atoms with Crippen LogP contribution in [-0.2, 0) is 10.0 Å². The number of nitrogens with zero attached hydrogens (tertiary/aromatic N) is 1. The first-order chi connectivity index (χ1) is 14.2. The highest BCUT2D eigenvalue weighted by molar-refractivity contribution is 7.89. The summed E-state index contributed by atoms with van der Waals surface area (Å²) in [7, 11) is -3.80. The molecule has 0 bridgehead atoms. The number of rotatable bonds is 5. The van der Waals surface area contributed by atoms with Gasteiger partial charge in [0.15, 0.2) is 0 Å². The number of piperidine rings is 1. The number of hydrogen-bond acceptors (Lipinski definition) is 4. The molecular formula is C20H23ClN4O4S. The molecule has 1 aliphatic rings. The molecule has 0 spiro atoms. The maximum absolute atomic E-state index is 13.1. The number of halogens is 1. The van der Waals surface area contributed by atoms with Gasteiger partial charge >= 0.3 is 6.03 Å². The van der Waals surface area contributed by atoms with E-state index in [1.54, 1.807) is 24.3 Å². The fourth-order valence-corrected chi connectivity index (χ4v) is 5.43. The van der Waals surface area contributed by atoms with Crippen molar-refractivity contribution in [3.8, 4) is 0 Å². The number of benzene rings is 2. The van der Waals surface area contributed by atoms with Crippen LogP contribution in [0.1, 0.15) is 30.1 Å². The molecule has 2 aromatic rings. The summed E-state index contributed by atoms with van der Waals surface area (Å²) in [4.78, 5) is 23.4. The second kappa shape index (κ2) is 9.03. The standard InChI is InChI=1S/C20H23ClN4O4S/c1-13-3-2-10-25(12-13)30(28,29)18-11-14(4-9-17(18)21)19(26)23-15-5-7-16(8-6-15)24-20(22)27/h4-9,11,13H,2-3,10,12H2,1H3,(H,23,26)(H3,22,24,27). The van der Waals surface area contributed by atoms with Gasteiger partial charge < -0.3 is 16.4 Å². The van der Waals surface area contributed by atoms with E-state index in [9.17, 15) is 18.0 Å². The summed E-state index contributed by atoms with van der Waals surface area (Å²) >= 11 is 6.18. The van der Waals surface area contributed by atoms with Crippen molar-refractivity contribution in [2.45, 2.75) is 24.7 Å². The maximum atomic E-state index is 13.1. The molecule has 1 saturated heterocycles. The van der Waals surface area contributed by atoms with Gasteiger partial charge in [-0.15, -0.1) is 0 Å². The number of nitrogens with one attached hydrogen (secondary N) is 2. The Kier molecular flexibility index (Phi) is 6.64. The Morgan fingerprint density at radius 3 is 2.33 bits per heavy atom. The zero-order valence-electron chi connectivity index (χ0n) is 16.4. The zero-order chi connectivity index (χ0) is 21.9. The van der Waals surface area contributed by atoms with Gasteiger partial charge in [0.2, 0.25) is 10.0 Å². The third kappa shape index (κ3) is 5.10. The maximum Gasteiger partial charge on any atom is 0.316 e. The topological polar surface area (TPSA) is 122 Å². The van der Waals surface area contributed by atoms with E-state index in [-0.39, 0.29) is 21.4 Å². The van der Waals surface area contributed by atoms with Gasteiger partial charge in [0.25, 0.3) is 5.91 Å². The van der Waals surface area contributed by atoms with Crippen molar-refractivity contribution in [2.75, 3.05) is 23.7 Å². The monoisotopic (exact) mass is 450 g/mol. The van der Waals surface area contributed by atoms with Crippen molar-refractivity contribution in [3.05, 3.63) is 53.1 Å². The van der Waals surface area contributed by atoms with Crippen molar-refractivity contribution < 1.29 is 18.0 Å². The molecule has 1 atom stereocenters. The van der Waals surface area contributed by atoms with Crippen LogP contribution in [0.4, 0.5) is 16.2 Å². The molecule has 30 heavy (non-hydrogen) atoms. The molecule has 4 N–H and O–H groups in total. The van der Waals surface area contributed by atoms with Crippen molar-refractivity contribution in [1.29, 1.82) is 0 Å². The normalized spacial score (nSPS) is 17.3. The second-order valence-electron chi connectivity index (χ2n) is 7.28. The van der Waals surface area contributed by atoms with E-state index in [2.05, 4.69) is 10.6 Å². The van der Waals surface area contributed by atoms with Gasteiger partial charge in [0.1, 0.15) is 4.90 Å². The highest BCUT2D eigenvalue weighted by Gasteiger charge is 2.30. The van der Waals surface area contributed by atoms with Gasteiger partial charge in [-0.3, -0.25) is 4.79 Å². The SMILES string of the molecule is CC1CCCN(S(=O)(=O)c2cc(C(=O)Nc3ccc(NC(N)=O)cc3)ccc2Cl)C1. The number of sulfonamides is 1. The van der Waals surface area contributed by atoms with Crippen molar-refractivity contribution in [1.82, 2.24) is 4.31 Å². The average Bonchev–Trinajstić information content (AvgIpc) is 2.69. The van der Waals surface area contributed by atoms with Gasteiger partial charge in [-0.05, 0) is 61.2 Å². The molecule has 1 aliphatic heterocycles. The van der Waals surface area contributed by atoms with E-state index in [1.165, 1.54) is 22.5 Å². The van der Waals surface area contributed by atoms with Crippen LogP contribution in [0.25, 0.3) is 0 Å². The lowest BCUT2D eigenvalue weighted by molar-refractivity contribution is 0.102. The first kappa shape index (κ1) is 22.1. The number of amides is 3. The number of hydrogen-bond donors (Lipinski definition) is 3. The van der Waals surface area contributed by atoms with Crippen LogP contribution in [0.15, 0.2) is 47.4 Å². The van der Waals surface area contributed by atoms with Crippen molar-refractivity contribution in [3.63, 3.8) is 0 Å². The van der Waals surface area contributed by atoms with Crippen LogP contribution >= 0.6 is 11.6 Å². The summed E-state index contributed by atoms with van der Waals surface area (Å²) < 4.78 is 27.6. The molecule has 8 nitrogen and oxygen atoms in total. The van der Waals surface area contributed by atoms with Gasteiger partial charge in [0.05, 0.1) is 5.02 Å². The molecule has 0 saturated carbocycles. The van der Waals surface area contributed by atoms with Crippen LogP contribution in [0.3, 0.4) is 0 Å². The van der Waals surface area contributed by atoms with Gasteiger partial charge in [-0.25, -0.2) is 13.2 Å². The molecule has 2 aromatic carbocycles. The molecule has 160 valence electrons.